The van der Waals surface area contributed by atoms with E-state index in [1.807, 2.05) is 42.5 Å². The summed E-state index contributed by atoms with van der Waals surface area (Å²) in [7, 11) is 0. The number of anilines is 3. The molecule has 4 N–H and O–H groups in total. The lowest BCUT2D eigenvalue weighted by Gasteiger charge is -2.16. The van der Waals surface area contributed by atoms with Crippen LogP contribution in [0, 0.1) is 5.92 Å². The molecule has 0 spiro atoms. The minimum Gasteiger partial charge on any atom is -0.481 e. The van der Waals surface area contributed by atoms with E-state index in [0.29, 0.717) is 23.0 Å². The quantitative estimate of drug-likeness (QED) is 0.233. The monoisotopic (exact) mass is 535 g/mol. The fourth-order valence-corrected chi connectivity index (χ4v) is 4.51. The molecule has 5 rings (SSSR count). The first-order valence-electron chi connectivity index (χ1n) is 13.0. The van der Waals surface area contributed by atoms with Crippen molar-refractivity contribution in [2.45, 2.75) is 19.3 Å². The zero-order valence-corrected chi connectivity index (χ0v) is 21.7. The van der Waals surface area contributed by atoms with Gasteiger partial charge in [-0.3, -0.25) is 19.6 Å². The first kappa shape index (κ1) is 26.6. The highest BCUT2D eigenvalue weighted by Crippen LogP contribution is 2.28. The molecule has 4 aromatic rings. The lowest BCUT2D eigenvalue weighted by molar-refractivity contribution is -0.143. The third kappa shape index (κ3) is 7.12. The minimum atomic E-state index is -1.02. The smallest absolute Gasteiger partial charge is 0.307 e. The predicted molar refractivity (Wildman–Crippen MR) is 153 cm³/mol. The van der Waals surface area contributed by atoms with E-state index >= 15 is 0 Å². The number of amides is 1. The fraction of sp³-hybridized carbons (Fsp3) is 0.200. The number of aliphatic carboxylic acids is 1. The average Bonchev–Trinajstić information content (AvgIpc) is 2.98. The zero-order valence-electron chi connectivity index (χ0n) is 21.7. The molecule has 202 valence electrons. The van der Waals surface area contributed by atoms with Crippen LogP contribution in [-0.4, -0.2) is 50.0 Å². The van der Waals surface area contributed by atoms with Gasteiger partial charge in [0.15, 0.2) is 0 Å². The van der Waals surface area contributed by atoms with Crippen LogP contribution in [0.15, 0.2) is 85.5 Å². The van der Waals surface area contributed by atoms with Crippen molar-refractivity contribution >= 4 is 34.8 Å². The minimum absolute atomic E-state index is 0.170. The van der Waals surface area contributed by atoms with Crippen molar-refractivity contribution in [3.8, 4) is 11.3 Å². The van der Waals surface area contributed by atoms with E-state index in [9.17, 15) is 14.7 Å². The molecule has 0 bridgehead atoms. The van der Waals surface area contributed by atoms with E-state index in [2.05, 4.69) is 37.0 Å². The summed E-state index contributed by atoms with van der Waals surface area (Å²) in [6.45, 7) is 1.69. The van der Waals surface area contributed by atoms with Crippen LogP contribution in [0.1, 0.15) is 24.1 Å². The number of aromatic nitrogens is 4. The fourth-order valence-electron chi connectivity index (χ4n) is 4.51. The highest BCUT2D eigenvalue weighted by molar-refractivity contribution is 5.94. The van der Waals surface area contributed by atoms with Gasteiger partial charge in [-0.15, -0.1) is 0 Å². The Kier molecular flexibility index (Phi) is 8.47. The second-order valence-electron chi connectivity index (χ2n) is 9.43. The topological polar surface area (TPSA) is 142 Å². The summed E-state index contributed by atoms with van der Waals surface area (Å²) in [5, 5.41) is 19.1. The number of carbonyl (C=O) groups excluding carboxylic acids is 1. The van der Waals surface area contributed by atoms with Crippen LogP contribution in [-0.2, 0) is 16.0 Å². The van der Waals surface area contributed by atoms with E-state index in [-0.39, 0.29) is 12.8 Å². The standard InChI is InChI=1S/C30H29N7O3/c38-29(16-23(30(39)40)14-20-4-2-1-3-5-20)35-24-17-26(36-27(18-24)37-28-19-32-12-13-34-28)22-8-11-33-25(15-22)21-6-9-31-10-7-21/h1-6,8,11-13,15,17-19,23,31H,7,9-10,14,16H2,(H,39,40)(H2,34,35,36,37,38)/t23-/m0/s1. The number of carbonyl (C=O) groups is 2. The van der Waals surface area contributed by atoms with Crippen LogP contribution >= 0.6 is 0 Å². The van der Waals surface area contributed by atoms with Crippen LogP contribution in [0.5, 0.6) is 0 Å². The molecule has 1 aromatic carbocycles. The van der Waals surface area contributed by atoms with Gasteiger partial charge in [-0.25, -0.2) is 9.97 Å². The van der Waals surface area contributed by atoms with Crippen molar-refractivity contribution in [1.82, 2.24) is 25.3 Å². The van der Waals surface area contributed by atoms with Crippen molar-refractivity contribution in [2.24, 2.45) is 5.92 Å². The molecule has 0 radical (unpaired) electrons. The molecule has 10 heteroatoms. The zero-order chi connectivity index (χ0) is 27.7. The number of carboxylic acids is 1. The maximum Gasteiger partial charge on any atom is 0.307 e. The molecule has 1 aliphatic rings. The van der Waals surface area contributed by atoms with Gasteiger partial charge in [0, 0.05) is 48.9 Å². The summed E-state index contributed by atoms with van der Waals surface area (Å²) in [6, 6.07) is 16.6. The Morgan fingerprint density at radius 1 is 0.975 bits per heavy atom. The molecule has 0 unspecified atom stereocenters. The maximum absolute atomic E-state index is 13.0. The number of hydrogen-bond donors (Lipinski definition) is 4. The molecule has 3 aromatic heterocycles. The molecule has 1 aliphatic heterocycles. The Morgan fingerprint density at radius 2 is 1.85 bits per heavy atom. The number of carboxylic acid groups (broad SMARTS) is 1. The van der Waals surface area contributed by atoms with Gasteiger partial charge in [0.25, 0.3) is 0 Å². The Hall–Kier alpha value is -4.96. The van der Waals surface area contributed by atoms with Crippen LogP contribution in [0.3, 0.4) is 0 Å². The maximum atomic E-state index is 13.0. The normalized spacial score (nSPS) is 13.7. The summed E-state index contributed by atoms with van der Waals surface area (Å²) >= 11 is 0. The molecule has 1 amide bonds. The van der Waals surface area contributed by atoms with Gasteiger partial charge in [0.05, 0.1) is 23.5 Å². The van der Waals surface area contributed by atoms with Gasteiger partial charge in [0.1, 0.15) is 11.6 Å². The average molecular weight is 536 g/mol. The highest BCUT2D eigenvalue weighted by atomic mass is 16.4. The Labute approximate surface area is 231 Å². The van der Waals surface area contributed by atoms with Crippen LogP contribution < -0.4 is 16.0 Å². The lowest BCUT2D eigenvalue weighted by atomic mass is 9.96. The second kappa shape index (κ2) is 12.7. The van der Waals surface area contributed by atoms with Crippen LogP contribution in [0.25, 0.3) is 16.8 Å². The molecule has 4 heterocycles. The molecule has 40 heavy (non-hydrogen) atoms. The van der Waals surface area contributed by atoms with E-state index in [4.69, 9.17) is 4.98 Å². The number of nitrogens with one attached hydrogen (secondary N) is 3. The summed E-state index contributed by atoms with van der Waals surface area (Å²) in [5.74, 6) is -1.33. The van der Waals surface area contributed by atoms with E-state index in [1.54, 1.807) is 36.9 Å². The summed E-state index contributed by atoms with van der Waals surface area (Å²) in [4.78, 5) is 42.6. The second-order valence-corrected chi connectivity index (χ2v) is 9.43. The number of rotatable bonds is 10. The van der Waals surface area contributed by atoms with Gasteiger partial charge in [0.2, 0.25) is 5.91 Å². The first-order chi connectivity index (χ1) is 19.5. The number of benzene rings is 1. The molecule has 0 saturated carbocycles. The van der Waals surface area contributed by atoms with E-state index in [1.165, 1.54) is 5.57 Å². The molecule has 10 nitrogen and oxygen atoms in total. The van der Waals surface area contributed by atoms with Crippen molar-refractivity contribution in [1.29, 1.82) is 0 Å². The summed E-state index contributed by atoms with van der Waals surface area (Å²) in [5.41, 5.74) is 4.83. The third-order valence-electron chi connectivity index (χ3n) is 6.48. The van der Waals surface area contributed by atoms with Crippen molar-refractivity contribution in [3.05, 3.63) is 96.7 Å². The van der Waals surface area contributed by atoms with E-state index < -0.39 is 17.8 Å². The summed E-state index contributed by atoms with van der Waals surface area (Å²) < 4.78 is 0. The first-order valence-corrected chi connectivity index (χ1v) is 13.0. The molecule has 0 saturated heterocycles. The van der Waals surface area contributed by atoms with Crippen LogP contribution in [0.2, 0.25) is 0 Å². The number of pyridine rings is 2. The van der Waals surface area contributed by atoms with Gasteiger partial charge in [-0.2, -0.15) is 0 Å². The largest absolute Gasteiger partial charge is 0.481 e. The van der Waals surface area contributed by atoms with Crippen LogP contribution in [0.4, 0.5) is 17.3 Å². The molecule has 0 aliphatic carbocycles. The predicted octanol–water partition coefficient (Wildman–Crippen LogP) is 4.33. The van der Waals surface area contributed by atoms with Crippen molar-refractivity contribution in [3.63, 3.8) is 0 Å². The van der Waals surface area contributed by atoms with Gasteiger partial charge in [-0.1, -0.05) is 36.4 Å². The lowest BCUT2D eigenvalue weighted by Crippen LogP contribution is -2.24. The Morgan fingerprint density at radius 3 is 2.60 bits per heavy atom. The number of nitrogens with zero attached hydrogens (tertiary/aromatic N) is 4. The highest BCUT2D eigenvalue weighted by Gasteiger charge is 2.22. The van der Waals surface area contributed by atoms with E-state index in [0.717, 1.165) is 36.3 Å². The summed E-state index contributed by atoms with van der Waals surface area (Å²) in [6.07, 6.45) is 9.56. The molecular weight excluding hydrogens is 506 g/mol. The van der Waals surface area contributed by atoms with Gasteiger partial charge < -0.3 is 21.1 Å². The molecular formula is C30H29N7O3. The Balaban J connectivity index is 1.41. The molecule has 0 fully saturated rings. The molecule has 1 atom stereocenters. The van der Waals surface area contributed by atoms with Crippen molar-refractivity contribution in [2.75, 3.05) is 23.7 Å². The third-order valence-corrected chi connectivity index (χ3v) is 6.48. The number of hydrogen-bond acceptors (Lipinski definition) is 8. The van der Waals surface area contributed by atoms with Gasteiger partial charge >= 0.3 is 5.97 Å². The Bertz CT molecular complexity index is 1510. The van der Waals surface area contributed by atoms with Crippen molar-refractivity contribution < 1.29 is 14.7 Å². The van der Waals surface area contributed by atoms with Gasteiger partial charge in [-0.05, 0) is 48.7 Å². The SMILES string of the molecule is O=C(C[C@H](Cc1ccccc1)C(=O)O)Nc1cc(Nc2cnccn2)nc(-c2ccnc(C3=CCNCC3)c2)c1.